The predicted molar refractivity (Wildman–Crippen MR) is 83.8 cm³/mol. The summed E-state index contributed by atoms with van der Waals surface area (Å²) in [4.78, 5) is 15.2. The molecular weight excluding hydrogens is 314 g/mol. The Labute approximate surface area is 137 Å². The van der Waals surface area contributed by atoms with Gasteiger partial charge in [-0.05, 0) is 18.6 Å². The van der Waals surface area contributed by atoms with Gasteiger partial charge < -0.3 is 9.72 Å². The quantitative estimate of drug-likeness (QED) is 0.780. The van der Waals surface area contributed by atoms with Crippen LogP contribution in [0.25, 0.3) is 0 Å². The molecule has 0 saturated carbocycles. The van der Waals surface area contributed by atoms with E-state index in [1.165, 1.54) is 20.4 Å². The summed E-state index contributed by atoms with van der Waals surface area (Å²) in [5.41, 5.74) is 1.85. The monoisotopic (exact) mass is 330 g/mol. The van der Waals surface area contributed by atoms with Crippen LogP contribution in [-0.4, -0.2) is 27.0 Å². The Kier molecular flexibility index (Phi) is 4.50. The molecular formula is C17H16F2N4O. The zero-order valence-electron chi connectivity index (χ0n) is 13.3. The molecule has 1 aromatic carbocycles. The SMILES string of the molecule is COc1nccc(CC(c2cnc[nH]2)c2ccc(C)c(F)c2F)n1. The minimum atomic E-state index is -0.851. The zero-order valence-corrected chi connectivity index (χ0v) is 13.3. The molecule has 0 radical (unpaired) electrons. The molecule has 124 valence electrons. The lowest BCUT2D eigenvalue weighted by atomic mass is 9.90. The van der Waals surface area contributed by atoms with Gasteiger partial charge in [-0.25, -0.2) is 23.7 Å². The number of hydrogen-bond donors (Lipinski definition) is 1. The third-order valence-corrected chi connectivity index (χ3v) is 3.86. The molecule has 0 aliphatic rings. The minimum Gasteiger partial charge on any atom is -0.467 e. The van der Waals surface area contributed by atoms with Gasteiger partial charge in [-0.2, -0.15) is 0 Å². The highest BCUT2D eigenvalue weighted by atomic mass is 19.2. The fourth-order valence-electron chi connectivity index (χ4n) is 2.57. The number of halogens is 2. The van der Waals surface area contributed by atoms with E-state index in [1.54, 1.807) is 30.6 Å². The first-order valence-corrected chi connectivity index (χ1v) is 7.38. The second-order valence-corrected chi connectivity index (χ2v) is 5.40. The lowest BCUT2D eigenvalue weighted by molar-refractivity contribution is 0.377. The highest BCUT2D eigenvalue weighted by Crippen LogP contribution is 2.30. The maximum atomic E-state index is 14.5. The summed E-state index contributed by atoms with van der Waals surface area (Å²) in [6.07, 6.45) is 5.02. The van der Waals surface area contributed by atoms with E-state index in [9.17, 15) is 8.78 Å². The van der Waals surface area contributed by atoms with Gasteiger partial charge in [0.2, 0.25) is 0 Å². The van der Waals surface area contributed by atoms with Crippen LogP contribution in [-0.2, 0) is 6.42 Å². The topological polar surface area (TPSA) is 63.7 Å². The van der Waals surface area contributed by atoms with Crippen molar-refractivity contribution in [3.8, 4) is 6.01 Å². The number of aromatic amines is 1. The van der Waals surface area contributed by atoms with Gasteiger partial charge in [0, 0.05) is 41.7 Å². The molecule has 2 heterocycles. The lowest BCUT2D eigenvalue weighted by Crippen LogP contribution is -2.11. The standard InChI is InChI=1S/C17H16F2N4O/c1-10-3-4-12(16(19)15(10)18)13(14-8-20-9-22-14)7-11-5-6-21-17(23-11)24-2/h3-6,8-9,13H,7H2,1-2H3,(H,20,22). The summed E-state index contributed by atoms with van der Waals surface area (Å²) in [7, 11) is 1.47. The number of nitrogens with zero attached hydrogens (tertiary/aromatic N) is 3. The first-order chi connectivity index (χ1) is 11.6. The highest BCUT2D eigenvalue weighted by Gasteiger charge is 2.23. The van der Waals surface area contributed by atoms with Crippen molar-refractivity contribution in [1.29, 1.82) is 0 Å². The van der Waals surface area contributed by atoms with E-state index in [0.717, 1.165) is 0 Å². The molecule has 24 heavy (non-hydrogen) atoms. The smallest absolute Gasteiger partial charge is 0.316 e. The van der Waals surface area contributed by atoms with Crippen molar-refractivity contribution >= 4 is 0 Å². The number of H-pyrrole nitrogens is 1. The molecule has 5 nitrogen and oxygen atoms in total. The van der Waals surface area contributed by atoms with E-state index in [-0.39, 0.29) is 17.1 Å². The normalized spacial score (nSPS) is 12.2. The van der Waals surface area contributed by atoms with E-state index in [1.807, 2.05) is 0 Å². The Morgan fingerprint density at radius 2 is 2.04 bits per heavy atom. The molecule has 3 rings (SSSR count). The van der Waals surface area contributed by atoms with Crippen LogP contribution >= 0.6 is 0 Å². The molecule has 3 aromatic rings. The van der Waals surface area contributed by atoms with Gasteiger partial charge in [-0.3, -0.25) is 0 Å². The van der Waals surface area contributed by atoms with E-state index in [2.05, 4.69) is 19.9 Å². The molecule has 0 aliphatic carbocycles. The molecule has 0 amide bonds. The number of benzene rings is 1. The van der Waals surface area contributed by atoms with Crippen LogP contribution in [0.2, 0.25) is 0 Å². The number of aromatic nitrogens is 4. The number of imidazole rings is 1. The second kappa shape index (κ2) is 6.74. The van der Waals surface area contributed by atoms with Crippen molar-refractivity contribution in [1.82, 2.24) is 19.9 Å². The fourth-order valence-corrected chi connectivity index (χ4v) is 2.57. The van der Waals surface area contributed by atoms with Gasteiger partial charge in [0.15, 0.2) is 11.6 Å². The summed E-state index contributed by atoms with van der Waals surface area (Å²) in [5.74, 6) is -2.14. The van der Waals surface area contributed by atoms with E-state index < -0.39 is 17.6 Å². The fraction of sp³-hybridized carbons (Fsp3) is 0.235. The molecule has 7 heteroatoms. The van der Waals surface area contributed by atoms with Crippen LogP contribution in [0.4, 0.5) is 8.78 Å². The second-order valence-electron chi connectivity index (χ2n) is 5.40. The average molecular weight is 330 g/mol. The van der Waals surface area contributed by atoms with Crippen molar-refractivity contribution < 1.29 is 13.5 Å². The number of nitrogens with one attached hydrogen (secondary N) is 1. The number of hydrogen-bond acceptors (Lipinski definition) is 4. The van der Waals surface area contributed by atoms with Gasteiger partial charge >= 0.3 is 6.01 Å². The van der Waals surface area contributed by atoms with Crippen LogP contribution in [0.1, 0.15) is 28.4 Å². The van der Waals surface area contributed by atoms with Gasteiger partial charge in [-0.1, -0.05) is 12.1 Å². The summed E-state index contributed by atoms with van der Waals surface area (Å²) in [6, 6.07) is 5.11. The number of rotatable bonds is 5. The summed E-state index contributed by atoms with van der Waals surface area (Å²) >= 11 is 0. The zero-order chi connectivity index (χ0) is 17.1. The maximum Gasteiger partial charge on any atom is 0.316 e. The molecule has 0 spiro atoms. The minimum absolute atomic E-state index is 0.228. The van der Waals surface area contributed by atoms with Gasteiger partial charge in [0.1, 0.15) is 0 Å². The summed E-state index contributed by atoms with van der Waals surface area (Å²) in [6.45, 7) is 1.53. The number of methoxy groups -OCH3 is 1. The Balaban J connectivity index is 2.03. The molecule has 2 aromatic heterocycles. The number of aryl methyl sites for hydroxylation is 1. The molecule has 0 fully saturated rings. The van der Waals surface area contributed by atoms with Crippen molar-refractivity contribution in [3.05, 3.63) is 71.1 Å². The largest absolute Gasteiger partial charge is 0.467 e. The van der Waals surface area contributed by atoms with Gasteiger partial charge in [0.25, 0.3) is 0 Å². The Bertz CT molecular complexity index is 837. The van der Waals surface area contributed by atoms with Crippen molar-refractivity contribution in [2.75, 3.05) is 7.11 Å². The average Bonchev–Trinajstić information content (AvgIpc) is 3.13. The molecule has 1 unspecified atom stereocenters. The Morgan fingerprint density at radius 3 is 2.75 bits per heavy atom. The molecule has 0 saturated heterocycles. The van der Waals surface area contributed by atoms with Crippen LogP contribution in [0.15, 0.2) is 36.9 Å². The van der Waals surface area contributed by atoms with Crippen LogP contribution in [0, 0.1) is 18.6 Å². The summed E-state index contributed by atoms with van der Waals surface area (Å²) < 4.78 is 33.5. The number of ether oxygens (including phenoxy) is 1. The molecule has 1 atom stereocenters. The maximum absolute atomic E-state index is 14.5. The van der Waals surface area contributed by atoms with Crippen molar-refractivity contribution in [2.45, 2.75) is 19.3 Å². The van der Waals surface area contributed by atoms with E-state index in [4.69, 9.17) is 4.74 Å². The Hall–Kier alpha value is -2.83. The van der Waals surface area contributed by atoms with Gasteiger partial charge in [0.05, 0.1) is 13.4 Å². The van der Waals surface area contributed by atoms with E-state index >= 15 is 0 Å². The molecule has 1 N–H and O–H groups in total. The van der Waals surface area contributed by atoms with Crippen LogP contribution in [0.3, 0.4) is 0 Å². The molecule has 0 bridgehead atoms. The third-order valence-electron chi connectivity index (χ3n) is 3.86. The molecule has 0 aliphatic heterocycles. The van der Waals surface area contributed by atoms with Crippen LogP contribution in [0.5, 0.6) is 6.01 Å². The predicted octanol–water partition coefficient (Wildman–Crippen LogP) is 3.17. The first kappa shape index (κ1) is 16.0. The van der Waals surface area contributed by atoms with Crippen molar-refractivity contribution in [3.63, 3.8) is 0 Å². The first-order valence-electron chi connectivity index (χ1n) is 7.38. The van der Waals surface area contributed by atoms with Gasteiger partial charge in [-0.15, -0.1) is 0 Å². The van der Waals surface area contributed by atoms with E-state index in [0.29, 0.717) is 17.8 Å². The van der Waals surface area contributed by atoms with Crippen molar-refractivity contribution in [2.24, 2.45) is 0 Å². The van der Waals surface area contributed by atoms with Crippen LogP contribution < -0.4 is 4.74 Å². The lowest BCUT2D eigenvalue weighted by Gasteiger charge is -2.17. The third kappa shape index (κ3) is 3.10. The summed E-state index contributed by atoms with van der Waals surface area (Å²) in [5, 5.41) is 0. The Morgan fingerprint density at radius 1 is 1.21 bits per heavy atom. The highest BCUT2D eigenvalue weighted by molar-refractivity contribution is 5.34.